The molecule has 0 aromatic carbocycles. The van der Waals surface area contributed by atoms with Crippen LogP contribution in [0.25, 0.3) is 4.96 Å². The highest BCUT2D eigenvalue weighted by Gasteiger charge is 2.12. The summed E-state index contributed by atoms with van der Waals surface area (Å²) in [6.45, 7) is 0. The van der Waals surface area contributed by atoms with Crippen LogP contribution < -0.4 is 10.1 Å². The van der Waals surface area contributed by atoms with E-state index in [9.17, 15) is 4.79 Å². The van der Waals surface area contributed by atoms with Gasteiger partial charge in [0.2, 0.25) is 5.69 Å². The van der Waals surface area contributed by atoms with Crippen LogP contribution in [0.4, 0.5) is 0 Å². The molecule has 0 fully saturated rings. The van der Waals surface area contributed by atoms with E-state index in [0.29, 0.717) is 5.69 Å². The molecule has 2 N–H and O–H groups in total. The largest absolute Gasteiger partial charge is 0.387 e. The smallest absolute Gasteiger partial charge is 0.362 e. The van der Waals surface area contributed by atoms with E-state index in [4.69, 9.17) is 5.73 Å². The van der Waals surface area contributed by atoms with Gasteiger partial charge >= 0.3 is 4.96 Å². The lowest BCUT2D eigenvalue weighted by Crippen LogP contribution is -2.21. The molecule has 0 aliphatic heterocycles. The third-order valence-electron chi connectivity index (χ3n) is 1.48. The number of hydrogen-bond donors (Lipinski definition) is 1. The Hall–Kier alpha value is -1.49. The van der Waals surface area contributed by atoms with Gasteiger partial charge in [0, 0.05) is 11.4 Å². The first-order chi connectivity index (χ1) is 5.77. The van der Waals surface area contributed by atoms with E-state index in [-0.39, 0.29) is 0 Å². The van der Waals surface area contributed by atoms with Crippen molar-refractivity contribution in [1.82, 2.24) is 4.98 Å². The average molecular weight is 180 g/mol. The Morgan fingerprint density at radius 1 is 1.58 bits per heavy atom. The van der Waals surface area contributed by atoms with Crippen LogP contribution in [0.5, 0.6) is 0 Å². The molecule has 0 spiro atoms. The standard InChI is InChI=1S/C7H5N3OS/c8-6(11)5-1-2-10-3-4-12-7(10)9-5/h1-4H,(H-,8,11)/p+1. The molecule has 2 aromatic rings. The van der Waals surface area contributed by atoms with Crippen molar-refractivity contribution < 1.29 is 9.20 Å². The van der Waals surface area contributed by atoms with Crippen molar-refractivity contribution >= 4 is 22.2 Å². The Morgan fingerprint density at radius 3 is 3.17 bits per heavy atom. The van der Waals surface area contributed by atoms with Crippen LogP contribution in [0.1, 0.15) is 10.5 Å². The van der Waals surface area contributed by atoms with Gasteiger partial charge < -0.3 is 5.73 Å². The summed E-state index contributed by atoms with van der Waals surface area (Å²) in [7, 11) is 0. The summed E-state index contributed by atoms with van der Waals surface area (Å²) in [5.74, 6) is -0.495. The first kappa shape index (κ1) is 7.17. The lowest BCUT2D eigenvalue weighted by atomic mass is 10.4. The van der Waals surface area contributed by atoms with E-state index in [2.05, 4.69) is 4.98 Å². The Balaban J connectivity index is 2.68. The van der Waals surface area contributed by atoms with Crippen LogP contribution in [-0.2, 0) is 0 Å². The zero-order valence-corrected chi connectivity index (χ0v) is 6.91. The molecule has 0 aliphatic rings. The van der Waals surface area contributed by atoms with Gasteiger partial charge in [-0.15, -0.1) is 0 Å². The highest BCUT2D eigenvalue weighted by molar-refractivity contribution is 7.14. The predicted molar refractivity (Wildman–Crippen MR) is 43.8 cm³/mol. The maximum absolute atomic E-state index is 10.7. The van der Waals surface area contributed by atoms with Crippen LogP contribution in [0.15, 0.2) is 23.8 Å². The molecule has 0 aliphatic carbocycles. The number of nitrogens with two attached hydrogens (primary N) is 1. The van der Waals surface area contributed by atoms with Crippen molar-refractivity contribution in [3.05, 3.63) is 29.5 Å². The van der Waals surface area contributed by atoms with E-state index >= 15 is 0 Å². The SMILES string of the molecule is NC(=O)c1cc[n+]2ccsc2n1. The lowest BCUT2D eigenvalue weighted by molar-refractivity contribution is -0.509. The Kier molecular flexibility index (Phi) is 1.51. The van der Waals surface area contributed by atoms with Crippen molar-refractivity contribution in [3.63, 3.8) is 0 Å². The quantitative estimate of drug-likeness (QED) is 0.627. The number of amides is 1. The van der Waals surface area contributed by atoms with Gasteiger partial charge in [0.1, 0.15) is 12.4 Å². The predicted octanol–water partition coefficient (Wildman–Crippen LogP) is -0.0193. The Morgan fingerprint density at radius 2 is 2.42 bits per heavy atom. The molecular weight excluding hydrogens is 174 g/mol. The van der Waals surface area contributed by atoms with Gasteiger partial charge in [-0.1, -0.05) is 11.3 Å². The minimum Gasteiger partial charge on any atom is -0.362 e. The van der Waals surface area contributed by atoms with Crippen molar-refractivity contribution in [2.24, 2.45) is 5.73 Å². The maximum atomic E-state index is 10.7. The third-order valence-corrected chi connectivity index (χ3v) is 2.25. The highest BCUT2D eigenvalue weighted by Crippen LogP contribution is 2.01. The maximum Gasteiger partial charge on any atom is 0.387 e. The first-order valence-corrected chi connectivity index (χ1v) is 4.20. The molecule has 0 bridgehead atoms. The number of nitrogens with zero attached hydrogens (tertiary/aromatic N) is 2. The van der Waals surface area contributed by atoms with Crippen molar-refractivity contribution in [2.45, 2.75) is 0 Å². The second kappa shape index (κ2) is 2.53. The molecule has 0 saturated heterocycles. The van der Waals surface area contributed by atoms with Crippen molar-refractivity contribution in [3.8, 4) is 0 Å². The molecule has 2 aromatic heterocycles. The summed E-state index contributed by atoms with van der Waals surface area (Å²) in [4.78, 5) is 15.5. The van der Waals surface area contributed by atoms with Crippen LogP contribution in [0.3, 0.4) is 0 Å². The number of carbonyl (C=O) groups excluding carboxylic acids is 1. The van der Waals surface area contributed by atoms with Gasteiger partial charge in [0.25, 0.3) is 5.91 Å². The van der Waals surface area contributed by atoms with Gasteiger partial charge in [0.05, 0.1) is 0 Å². The third kappa shape index (κ3) is 1.04. The van der Waals surface area contributed by atoms with Gasteiger partial charge in [-0.05, 0) is 4.98 Å². The fraction of sp³-hybridized carbons (Fsp3) is 0. The normalized spacial score (nSPS) is 10.3. The fourth-order valence-corrected chi connectivity index (χ4v) is 1.62. The summed E-state index contributed by atoms with van der Waals surface area (Å²) in [5.41, 5.74) is 5.37. The topological polar surface area (TPSA) is 60.1 Å². The van der Waals surface area contributed by atoms with Gasteiger partial charge in [-0.25, -0.2) is 0 Å². The second-order valence-corrected chi connectivity index (χ2v) is 3.14. The molecule has 5 heteroatoms. The van der Waals surface area contributed by atoms with Crippen LogP contribution >= 0.6 is 11.3 Å². The minimum absolute atomic E-state index is 0.303. The molecule has 2 heterocycles. The van der Waals surface area contributed by atoms with Crippen LogP contribution in [0.2, 0.25) is 0 Å². The van der Waals surface area contributed by atoms with Crippen molar-refractivity contribution in [2.75, 3.05) is 0 Å². The molecule has 12 heavy (non-hydrogen) atoms. The molecule has 0 saturated carbocycles. The second-order valence-electron chi connectivity index (χ2n) is 2.27. The summed E-state index contributed by atoms with van der Waals surface area (Å²) >= 11 is 1.46. The van der Waals surface area contributed by atoms with E-state index < -0.39 is 5.91 Å². The Labute approximate surface area is 72.3 Å². The summed E-state index contributed by atoms with van der Waals surface area (Å²) < 4.78 is 1.83. The molecule has 1 amide bonds. The number of primary amides is 1. The molecule has 60 valence electrons. The van der Waals surface area contributed by atoms with Crippen molar-refractivity contribution in [1.29, 1.82) is 0 Å². The number of fused-ring (bicyclic) bond motifs is 1. The Bertz CT molecular complexity index is 437. The average Bonchev–Trinajstić information content (AvgIpc) is 2.49. The first-order valence-electron chi connectivity index (χ1n) is 3.33. The monoisotopic (exact) mass is 180 g/mol. The molecule has 4 nitrogen and oxygen atoms in total. The zero-order chi connectivity index (χ0) is 8.55. The van der Waals surface area contributed by atoms with Gasteiger partial charge in [0.15, 0.2) is 0 Å². The molecule has 0 radical (unpaired) electrons. The molecule has 2 rings (SSSR count). The molecule has 0 unspecified atom stereocenters. The lowest BCUT2D eigenvalue weighted by Gasteiger charge is -1.84. The fourth-order valence-electron chi connectivity index (χ4n) is 0.907. The van der Waals surface area contributed by atoms with E-state index in [1.807, 2.05) is 16.0 Å². The zero-order valence-electron chi connectivity index (χ0n) is 6.10. The minimum atomic E-state index is -0.495. The number of hydrogen-bond acceptors (Lipinski definition) is 3. The highest BCUT2D eigenvalue weighted by atomic mass is 32.1. The van der Waals surface area contributed by atoms with Crippen LogP contribution in [0, 0.1) is 0 Å². The van der Waals surface area contributed by atoms with E-state index in [0.717, 1.165) is 4.96 Å². The van der Waals surface area contributed by atoms with Crippen LogP contribution in [-0.4, -0.2) is 10.9 Å². The van der Waals surface area contributed by atoms with Gasteiger partial charge in [-0.3, -0.25) is 4.79 Å². The van der Waals surface area contributed by atoms with E-state index in [1.165, 1.54) is 11.3 Å². The number of rotatable bonds is 1. The number of thiazole rings is 1. The van der Waals surface area contributed by atoms with Gasteiger partial charge in [-0.2, -0.15) is 4.40 Å². The number of aromatic nitrogens is 2. The molecule has 0 atom stereocenters. The summed E-state index contributed by atoms with van der Waals surface area (Å²) in [6.07, 6.45) is 3.64. The molecular formula is C7H6N3OS+. The summed E-state index contributed by atoms with van der Waals surface area (Å²) in [5, 5.41) is 1.90. The van der Waals surface area contributed by atoms with E-state index in [1.54, 1.807) is 12.3 Å². The summed E-state index contributed by atoms with van der Waals surface area (Å²) in [6, 6.07) is 1.60. The number of carbonyl (C=O) groups is 1.